The van der Waals surface area contributed by atoms with Crippen molar-refractivity contribution in [2.45, 2.75) is 46.5 Å². The summed E-state index contributed by atoms with van der Waals surface area (Å²) in [5.41, 5.74) is 3.17. The first-order chi connectivity index (χ1) is 12.0. The quantitative estimate of drug-likeness (QED) is 0.836. The second kappa shape index (κ2) is 7.38. The molecule has 0 bridgehead atoms. The summed E-state index contributed by atoms with van der Waals surface area (Å²) in [6, 6.07) is 6.24. The molecule has 5 heteroatoms. The predicted molar refractivity (Wildman–Crippen MR) is 96.6 cm³/mol. The first-order valence-corrected chi connectivity index (χ1v) is 9.11. The van der Waals surface area contributed by atoms with Crippen LogP contribution in [0.1, 0.15) is 54.9 Å². The van der Waals surface area contributed by atoms with Gasteiger partial charge in [0, 0.05) is 13.1 Å². The Balaban J connectivity index is 2.02. The van der Waals surface area contributed by atoms with Crippen LogP contribution < -0.4 is 0 Å². The summed E-state index contributed by atoms with van der Waals surface area (Å²) in [5, 5.41) is 4.71. The minimum absolute atomic E-state index is 0.0845. The average Bonchev–Trinajstić information content (AvgIpc) is 2.91. The number of piperidine rings is 1. The number of hydrogen-bond acceptors (Lipinski definition) is 2. The second-order valence-corrected chi connectivity index (χ2v) is 7.25. The van der Waals surface area contributed by atoms with Crippen LogP contribution in [0.15, 0.2) is 24.3 Å². The van der Waals surface area contributed by atoms with Gasteiger partial charge in [-0.1, -0.05) is 13.8 Å². The maximum absolute atomic E-state index is 13.2. The van der Waals surface area contributed by atoms with E-state index in [-0.39, 0.29) is 11.7 Å². The van der Waals surface area contributed by atoms with Gasteiger partial charge < -0.3 is 4.90 Å². The number of carbonyl (C=O) groups is 1. The molecule has 1 aromatic heterocycles. The van der Waals surface area contributed by atoms with Crippen molar-refractivity contribution < 1.29 is 9.18 Å². The molecule has 0 aliphatic carbocycles. The minimum atomic E-state index is -0.277. The highest BCUT2D eigenvalue weighted by atomic mass is 19.1. The molecule has 0 N–H and O–H groups in total. The standard InChI is InChI=1S/C20H26FN3O/c1-14(2)13-18-19(20(25)23-11-5-4-6-12-23)15(3)24(22-18)17-9-7-16(21)8-10-17/h7-10,14H,4-6,11-13H2,1-3H3. The molecule has 0 radical (unpaired) electrons. The van der Waals surface area contributed by atoms with Gasteiger partial charge in [0.2, 0.25) is 0 Å². The van der Waals surface area contributed by atoms with Crippen molar-refractivity contribution >= 4 is 5.91 Å². The maximum atomic E-state index is 13.2. The van der Waals surface area contributed by atoms with Crippen LogP contribution in [-0.2, 0) is 6.42 Å². The van der Waals surface area contributed by atoms with Crippen molar-refractivity contribution in [3.05, 3.63) is 47.0 Å². The number of amides is 1. The van der Waals surface area contributed by atoms with Gasteiger partial charge in [0.25, 0.3) is 5.91 Å². The SMILES string of the molecule is Cc1c(C(=O)N2CCCCC2)c(CC(C)C)nn1-c1ccc(F)cc1. The molecule has 3 rings (SSSR count). The zero-order valence-corrected chi connectivity index (χ0v) is 15.3. The Bertz CT molecular complexity index is 743. The normalized spacial score (nSPS) is 15.0. The zero-order chi connectivity index (χ0) is 18.0. The van der Waals surface area contributed by atoms with Crippen molar-refractivity contribution in [1.29, 1.82) is 0 Å². The molecular formula is C20H26FN3O. The van der Waals surface area contributed by atoms with Crippen molar-refractivity contribution in [1.82, 2.24) is 14.7 Å². The summed E-state index contributed by atoms with van der Waals surface area (Å²) in [7, 11) is 0. The minimum Gasteiger partial charge on any atom is -0.339 e. The lowest BCUT2D eigenvalue weighted by molar-refractivity contribution is 0.0722. The largest absolute Gasteiger partial charge is 0.339 e. The number of hydrogen-bond donors (Lipinski definition) is 0. The summed E-state index contributed by atoms with van der Waals surface area (Å²) in [6.07, 6.45) is 4.08. The third kappa shape index (κ3) is 3.75. The van der Waals surface area contributed by atoms with Crippen molar-refractivity contribution in [2.24, 2.45) is 5.92 Å². The van der Waals surface area contributed by atoms with E-state index < -0.39 is 0 Å². The van der Waals surface area contributed by atoms with E-state index in [9.17, 15) is 9.18 Å². The lowest BCUT2D eigenvalue weighted by Crippen LogP contribution is -2.36. The van der Waals surface area contributed by atoms with Crippen LogP contribution in [0.25, 0.3) is 5.69 Å². The lowest BCUT2D eigenvalue weighted by Gasteiger charge is -2.27. The molecule has 134 valence electrons. The van der Waals surface area contributed by atoms with Gasteiger partial charge in [-0.05, 0) is 62.8 Å². The van der Waals surface area contributed by atoms with E-state index in [2.05, 4.69) is 13.8 Å². The fourth-order valence-corrected chi connectivity index (χ4v) is 3.46. The predicted octanol–water partition coefficient (Wildman–Crippen LogP) is 4.14. The first-order valence-electron chi connectivity index (χ1n) is 9.11. The average molecular weight is 343 g/mol. The lowest BCUT2D eigenvalue weighted by atomic mass is 10.0. The molecule has 0 saturated carbocycles. The number of aromatic nitrogens is 2. The fourth-order valence-electron chi connectivity index (χ4n) is 3.46. The van der Waals surface area contributed by atoms with E-state index in [1.54, 1.807) is 16.8 Å². The molecule has 4 nitrogen and oxygen atoms in total. The molecule has 1 saturated heterocycles. The Kier molecular flexibility index (Phi) is 5.21. The molecule has 0 atom stereocenters. The third-order valence-electron chi connectivity index (χ3n) is 4.72. The molecular weight excluding hydrogens is 317 g/mol. The van der Waals surface area contributed by atoms with Crippen LogP contribution in [0, 0.1) is 18.7 Å². The van der Waals surface area contributed by atoms with Crippen LogP contribution in [0.3, 0.4) is 0 Å². The molecule has 1 fully saturated rings. The number of halogens is 1. The van der Waals surface area contributed by atoms with Gasteiger partial charge in [-0.25, -0.2) is 9.07 Å². The highest BCUT2D eigenvalue weighted by molar-refractivity contribution is 5.96. The number of carbonyl (C=O) groups excluding carboxylic acids is 1. The molecule has 1 amide bonds. The number of likely N-dealkylation sites (tertiary alicyclic amines) is 1. The fraction of sp³-hybridized carbons (Fsp3) is 0.500. The molecule has 25 heavy (non-hydrogen) atoms. The molecule has 1 aromatic carbocycles. The monoisotopic (exact) mass is 343 g/mol. The van der Waals surface area contributed by atoms with Gasteiger partial charge >= 0.3 is 0 Å². The highest BCUT2D eigenvalue weighted by Gasteiger charge is 2.27. The Morgan fingerprint density at radius 1 is 1.16 bits per heavy atom. The van der Waals surface area contributed by atoms with Gasteiger partial charge in [-0.2, -0.15) is 5.10 Å². The summed E-state index contributed by atoms with van der Waals surface area (Å²) in [6.45, 7) is 7.82. The van der Waals surface area contributed by atoms with Crippen LogP contribution in [0.4, 0.5) is 4.39 Å². The Morgan fingerprint density at radius 2 is 1.80 bits per heavy atom. The topological polar surface area (TPSA) is 38.1 Å². The summed E-state index contributed by atoms with van der Waals surface area (Å²) >= 11 is 0. The second-order valence-electron chi connectivity index (χ2n) is 7.25. The summed E-state index contributed by atoms with van der Waals surface area (Å²) < 4.78 is 15.0. The van der Waals surface area contributed by atoms with Crippen LogP contribution in [0.2, 0.25) is 0 Å². The van der Waals surface area contributed by atoms with Gasteiger partial charge in [-0.15, -0.1) is 0 Å². The van der Waals surface area contributed by atoms with E-state index in [1.165, 1.54) is 18.6 Å². The third-order valence-corrected chi connectivity index (χ3v) is 4.72. The van der Waals surface area contributed by atoms with E-state index >= 15 is 0 Å². The van der Waals surface area contributed by atoms with Crippen molar-refractivity contribution in [2.75, 3.05) is 13.1 Å². The van der Waals surface area contributed by atoms with E-state index in [1.807, 2.05) is 11.8 Å². The summed E-state index contributed by atoms with van der Waals surface area (Å²) in [5.74, 6) is 0.214. The van der Waals surface area contributed by atoms with Crippen LogP contribution in [0.5, 0.6) is 0 Å². The molecule has 1 aliphatic heterocycles. The Morgan fingerprint density at radius 3 is 2.40 bits per heavy atom. The van der Waals surface area contributed by atoms with Gasteiger partial charge in [0.1, 0.15) is 5.82 Å². The highest BCUT2D eigenvalue weighted by Crippen LogP contribution is 2.24. The van der Waals surface area contributed by atoms with Crippen molar-refractivity contribution in [3.63, 3.8) is 0 Å². The van der Waals surface area contributed by atoms with Gasteiger partial charge in [-0.3, -0.25) is 4.79 Å². The van der Waals surface area contributed by atoms with Crippen molar-refractivity contribution in [3.8, 4) is 5.69 Å². The number of nitrogens with zero attached hydrogens (tertiary/aromatic N) is 3. The van der Waals surface area contributed by atoms with E-state index in [0.717, 1.165) is 55.0 Å². The maximum Gasteiger partial charge on any atom is 0.257 e. The molecule has 0 unspecified atom stereocenters. The van der Waals surface area contributed by atoms with Crippen LogP contribution in [-0.4, -0.2) is 33.7 Å². The van der Waals surface area contributed by atoms with E-state index in [4.69, 9.17) is 5.10 Å². The molecule has 0 spiro atoms. The van der Waals surface area contributed by atoms with Crippen LogP contribution >= 0.6 is 0 Å². The summed E-state index contributed by atoms with van der Waals surface area (Å²) in [4.78, 5) is 15.1. The van der Waals surface area contributed by atoms with Gasteiger partial charge in [0.05, 0.1) is 22.6 Å². The number of rotatable bonds is 4. The number of benzene rings is 1. The molecule has 2 heterocycles. The Hall–Kier alpha value is -2.17. The molecule has 2 aromatic rings. The van der Waals surface area contributed by atoms with E-state index in [0.29, 0.717) is 5.92 Å². The molecule has 1 aliphatic rings. The Labute approximate surface area is 148 Å². The smallest absolute Gasteiger partial charge is 0.257 e. The zero-order valence-electron chi connectivity index (χ0n) is 15.3. The first kappa shape index (κ1) is 17.6. The van der Waals surface area contributed by atoms with Gasteiger partial charge in [0.15, 0.2) is 0 Å².